The highest BCUT2D eigenvalue weighted by Gasteiger charge is 2.57. The number of hydrogen-bond acceptors (Lipinski definition) is 3. The summed E-state index contributed by atoms with van der Waals surface area (Å²) in [7, 11) is 0. The number of hydrogen-bond donors (Lipinski definition) is 2. The van der Waals surface area contributed by atoms with Gasteiger partial charge in [-0.15, -0.1) is 0 Å². The number of nitrogens with zero attached hydrogens (tertiary/aromatic N) is 1. The summed E-state index contributed by atoms with van der Waals surface area (Å²) in [4.78, 5) is 34.2. The van der Waals surface area contributed by atoms with Gasteiger partial charge in [-0.2, -0.15) is 4.48 Å². The van der Waals surface area contributed by atoms with E-state index < -0.39 is 28.4 Å². The van der Waals surface area contributed by atoms with Crippen LogP contribution in [0, 0.1) is 0 Å². The number of imide groups is 1. The fraction of sp³-hybridized carbons (Fsp3) is 0.444. The molecule has 2 N–H and O–H groups in total. The van der Waals surface area contributed by atoms with Crippen LogP contribution in [0.1, 0.15) is 13.8 Å². The van der Waals surface area contributed by atoms with Gasteiger partial charge in [-0.1, -0.05) is 6.58 Å². The molecule has 15 heavy (non-hydrogen) atoms. The Morgan fingerprint density at radius 1 is 1.60 bits per heavy atom. The fourth-order valence-corrected chi connectivity index (χ4v) is 1.72. The molecule has 2 atom stereocenters. The Morgan fingerprint density at radius 2 is 2.13 bits per heavy atom. The number of carbonyl (C=O) groups excluding carboxylic acids is 2. The largest absolute Gasteiger partial charge is 0.477 e. The highest BCUT2D eigenvalue weighted by Crippen LogP contribution is 2.23. The van der Waals surface area contributed by atoms with Gasteiger partial charge in [0.25, 0.3) is 0 Å². The number of carbonyl (C=O) groups is 3. The average Bonchev–Trinajstić information content (AvgIpc) is 2.38. The van der Waals surface area contributed by atoms with E-state index in [1.165, 1.54) is 6.92 Å². The standard InChI is InChI=1S/C9H12N2O4/c1-4-11(6(3)8(13)14)7(12)5(2)10-9(11)15/h6H,2,4H2,1,3H3,(H-,10,13,14,15)/p+1. The summed E-state index contributed by atoms with van der Waals surface area (Å²) in [6.45, 7) is 6.40. The molecule has 0 aromatic carbocycles. The van der Waals surface area contributed by atoms with Crippen LogP contribution in [0.15, 0.2) is 12.3 Å². The van der Waals surface area contributed by atoms with Crippen molar-refractivity contribution in [1.29, 1.82) is 0 Å². The molecule has 6 heteroatoms. The summed E-state index contributed by atoms with van der Waals surface area (Å²) in [6, 6.07) is -1.73. The highest BCUT2D eigenvalue weighted by molar-refractivity contribution is 6.04. The molecule has 1 saturated heterocycles. The zero-order chi connectivity index (χ0) is 11.8. The first kappa shape index (κ1) is 11.4. The molecule has 0 spiro atoms. The molecule has 0 aliphatic carbocycles. The lowest BCUT2D eigenvalue weighted by Gasteiger charge is -2.28. The van der Waals surface area contributed by atoms with Gasteiger partial charge < -0.3 is 5.11 Å². The van der Waals surface area contributed by atoms with Gasteiger partial charge in [0.1, 0.15) is 5.70 Å². The summed E-state index contributed by atoms with van der Waals surface area (Å²) < 4.78 is -0.742. The number of carboxylic acid groups (broad SMARTS) is 1. The normalized spacial score (nSPS) is 27.7. The van der Waals surface area contributed by atoms with Crippen LogP contribution in [-0.4, -0.2) is 40.1 Å². The molecule has 1 aliphatic rings. The Labute approximate surface area is 86.8 Å². The fourth-order valence-electron chi connectivity index (χ4n) is 1.72. The number of quaternary nitrogens is 1. The first-order chi connectivity index (χ1) is 6.87. The van der Waals surface area contributed by atoms with Crippen LogP contribution < -0.4 is 5.32 Å². The van der Waals surface area contributed by atoms with Gasteiger partial charge in [-0.05, 0) is 6.92 Å². The topological polar surface area (TPSA) is 83.5 Å². The quantitative estimate of drug-likeness (QED) is 0.394. The zero-order valence-electron chi connectivity index (χ0n) is 8.61. The van der Waals surface area contributed by atoms with E-state index in [-0.39, 0.29) is 12.2 Å². The molecule has 0 radical (unpaired) electrons. The number of urea groups is 1. The number of aliphatic carboxylic acids is 1. The third-order valence-corrected chi connectivity index (χ3v) is 2.76. The molecular weight excluding hydrogens is 200 g/mol. The zero-order valence-corrected chi connectivity index (χ0v) is 8.61. The number of likely N-dealkylation sites (N-methyl/N-ethyl adjacent to an activating group) is 1. The van der Waals surface area contributed by atoms with Crippen molar-refractivity contribution >= 4 is 17.9 Å². The maximum Gasteiger partial charge on any atom is 0.429 e. The van der Waals surface area contributed by atoms with Crippen molar-refractivity contribution in [3.05, 3.63) is 12.3 Å². The van der Waals surface area contributed by atoms with Crippen LogP contribution in [0.25, 0.3) is 0 Å². The number of rotatable bonds is 3. The van der Waals surface area contributed by atoms with Crippen molar-refractivity contribution in [3.8, 4) is 0 Å². The van der Waals surface area contributed by atoms with E-state index in [9.17, 15) is 14.4 Å². The lowest BCUT2D eigenvalue weighted by molar-refractivity contribution is -0.781. The van der Waals surface area contributed by atoms with Crippen LogP contribution in [0.5, 0.6) is 0 Å². The molecule has 1 fully saturated rings. The lowest BCUT2D eigenvalue weighted by Crippen LogP contribution is -2.61. The van der Waals surface area contributed by atoms with Crippen molar-refractivity contribution in [2.75, 3.05) is 6.54 Å². The molecule has 2 unspecified atom stereocenters. The van der Waals surface area contributed by atoms with Gasteiger partial charge in [-0.25, -0.2) is 14.4 Å². The molecule has 1 heterocycles. The Balaban J connectivity index is 3.25. The minimum Gasteiger partial charge on any atom is -0.477 e. The summed E-state index contributed by atoms with van der Waals surface area (Å²) in [5.74, 6) is -1.76. The Bertz CT molecular complexity index is 363. The SMILES string of the molecule is C=C1NC(=O)[N+](CC)(C(C)C(=O)O)C1=O. The van der Waals surface area contributed by atoms with Gasteiger partial charge >= 0.3 is 17.9 Å². The minimum atomic E-state index is -1.19. The summed E-state index contributed by atoms with van der Waals surface area (Å²) >= 11 is 0. The van der Waals surface area contributed by atoms with Crippen molar-refractivity contribution < 1.29 is 24.0 Å². The maximum atomic E-state index is 11.7. The van der Waals surface area contributed by atoms with Crippen molar-refractivity contribution in [3.63, 3.8) is 0 Å². The molecule has 1 rings (SSSR count). The van der Waals surface area contributed by atoms with Crippen molar-refractivity contribution in [2.45, 2.75) is 19.9 Å². The highest BCUT2D eigenvalue weighted by atomic mass is 16.4. The predicted molar refractivity (Wildman–Crippen MR) is 50.6 cm³/mol. The molecule has 6 nitrogen and oxygen atoms in total. The Morgan fingerprint density at radius 3 is 2.40 bits per heavy atom. The molecule has 0 saturated carbocycles. The first-order valence-corrected chi connectivity index (χ1v) is 4.53. The van der Waals surface area contributed by atoms with E-state index in [2.05, 4.69) is 11.9 Å². The molecule has 1 aliphatic heterocycles. The second kappa shape index (κ2) is 3.47. The number of nitrogens with one attached hydrogen (secondary N) is 1. The first-order valence-electron chi connectivity index (χ1n) is 4.53. The summed E-state index contributed by atoms with van der Waals surface area (Å²) in [6.07, 6.45) is 0. The van der Waals surface area contributed by atoms with Crippen molar-refractivity contribution in [1.82, 2.24) is 5.32 Å². The monoisotopic (exact) mass is 213 g/mol. The van der Waals surface area contributed by atoms with E-state index in [1.54, 1.807) is 6.92 Å². The van der Waals surface area contributed by atoms with Crippen LogP contribution >= 0.6 is 0 Å². The third kappa shape index (κ3) is 1.33. The average molecular weight is 213 g/mol. The summed E-state index contributed by atoms with van der Waals surface area (Å²) in [5, 5.41) is 11.2. The van der Waals surface area contributed by atoms with Gasteiger partial charge in [0.2, 0.25) is 0 Å². The number of amides is 3. The van der Waals surface area contributed by atoms with E-state index in [0.717, 1.165) is 0 Å². The van der Waals surface area contributed by atoms with Gasteiger partial charge in [-0.3, -0.25) is 5.32 Å². The van der Waals surface area contributed by atoms with E-state index in [0.29, 0.717) is 0 Å². The van der Waals surface area contributed by atoms with Gasteiger partial charge in [0.05, 0.1) is 6.54 Å². The Kier molecular flexibility index (Phi) is 2.63. The van der Waals surface area contributed by atoms with Crippen LogP contribution in [0.4, 0.5) is 4.79 Å². The van der Waals surface area contributed by atoms with Crippen molar-refractivity contribution in [2.24, 2.45) is 0 Å². The molecule has 82 valence electrons. The van der Waals surface area contributed by atoms with E-state index in [1.807, 2.05) is 0 Å². The van der Waals surface area contributed by atoms with Gasteiger partial charge in [0.15, 0.2) is 6.04 Å². The molecular formula is C9H13N2O4+. The van der Waals surface area contributed by atoms with E-state index >= 15 is 0 Å². The smallest absolute Gasteiger partial charge is 0.429 e. The second-order valence-corrected chi connectivity index (χ2v) is 3.41. The molecule has 0 aromatic heterocycles. The van der Waals surface area contributed by atoms with E-state index in [4.69, 9.17) is 5.11 Å². The molecule has 0 bridgehead atoms. The second-order valence-electron chi connectivity index (χ2n) is 3.41. The maximum absolute atomic E-state index is 11.7. The van der Waals surface area contributed by atoms with Crippen LogP contribution in [0.3, 0.4) is 0 Å². The number of carboxylic acids is 1. The molecule has 3 amide bonds. The van der Waals surface area contributed by atoms with Gasteiger partial charge in [0, 0.05) is 6.92 Å². The summed E-state index contributed by atoms with van der Waals surface area (Å²) in [5.41, 5.74) is -0.0463. The van der Waals surface area contributed by atoms with Crippen LogP contribution in [-0.2, 0) is 9.59 Å². The third-order valence-electron chi connectivity index (χ3n) is 2.76. The lowest BCUT2D eigenvalue weighted by atomic mass is 10.2. The van der Waals surface area contributed by atoms with Crippen LogP contribution in [0.2, 0.25) is 0 Å². The Hall–Kier alpha value is -1.69. The predicted octanol–water partition coefficient (Wildman–Crippen LogP) is 0.0597. The minimum absolute atomic E-state index is 0.0463. The molecule has 0 aromatic rings.